The molecule has 0 aromatic carbocycles. The van der Waals surface area contributed by atoms with Crippen LogP contribution in [0.1, 0.15) is 49.9 Å². The number of hydrogen-bond acceptors (Lipinski definition) is 6. The van der Waals surface area contributed by atoms with Gasteiger partial charge < -0.3 is 20.7 Å². The molecule has 3 N–H and O–H groups in total. The number of hydrogen-bond donors (Lipinski definition) is 3. The summed E-state index contributed by atoms with van der Waals surface area (Å²) in [6.07, 6.45) is 9.84. The molecular formula is C24H30N6O3. The van der Waals surface area contributed by atoms with Crippen LogP contribution in [-0.2, 0) is 4.74 Å². The van der Waals surface area contributed by atoms with Crippen molar-refractivity contribution >= 4 is 23.2 Å². The first-order valence-corrected chi connectivity index (χ1v) is 11.3. The maximum absolute atomic E-state index is 13.2. The van der Waals surface area contributed by atoms with Gasteiger partial charge in [0.15, 0.2) is 0 Å². The number of aromatic nitrogens is 3. The first kappa shape index (κ1) is 22.6. The lowest BCUT2D eigenvalue weighted by molar-refractivity contribution is 0.0923. The highest BCUT2D eigenvalue weighted by Crippen LogP contribution is 2.29. The van der Waals surface area contributed by atoms with E-state index in [2.05, 4.69) is 30.8 Å². The van der Waals surface area contributed by atoms with Crippen molar-refractivity contribution in [2.45, 2.75) is 57.7 Å². The lowest BCUT2D eigenvalue weighted by Crippen LogP contribution is -2.44. The Bertz CT molecular complexity index is 1120. The number of rotatable bonds is 6. The smallest absolute Gasteiger partial charge is 0.407 e. The summed E-state index contributed by atoms with van der Waals surface area (Å²) in [5, 5.41) is 13.9. The van der Waals surface area contributed by atoms with Crippen molar-refractivity contribution in [2.75, 3.05) is 12.4 Å². The summed E-state index contributed by atoms with van der Waals surface area (Å²) in [4.78, 5) is 28.8. The summed E-state index contributed by atoms with van der Waals surface area (Å²) in [5.41, 5.74) is 4.17. The number of pyridine rings is 1. The summed E-state index contributed by atoms with van der Waals surface area (Å²) < 4.78 is 6.47. The normalized spacial score (nSPS) is 18.2. The first-order valence-electron chi connectivity index (χ1n) is 11.3. The fourth-order valence-electron chi connectivity index (χ4n) is 4.24. The van der Waals surface area contributed by atoms with Crippen LogP contribution in [0.15, 0.2) is 43.0 Å². The number of nitrogens with zero attached hydrogens (tertiary/aromatic N) is 3. The van der Waals surface area contributed by atoms with Crippen LogP contribution in [-0.4, -0.2) is 51.8 Å². The number of amides is 2. The van der Waals surface area contributed by atoms with Crippen LogP contribution in [0.5, 0.6) is 0 Å². The van der Waals surface area contributed by atoms with Crippen molar-refractivity contribution in [1.82, 2.24) is 25.2 Å². The number of carbonyl (C=O) groups excluding carboxylic acids is 2. The molecule has 1 fully saturated rings. The Morgan fingerprint density at radius 3 is 2.36 bits per heavy atom. The molecule has 0 radical (unpaired) electrons. The Labute approximate surface area is 192 Å². The van der Waals surface area contributed by atoms with Crippen LogP contribution in [0.3, 0.4) is 0 Å². The number of methoxy groups -OCH3 is 1. The molecule has 0 unspecified atom stereocenters. The largest absolute Gasteiger partial charge is 0.453 e. The molecule has 9 heteroatoms. The van der Waals surface area contributed by atoms with Gasteiger partial charge >= 0.3 is 6.09 Å². The molecule has 3 heterocycles. The lowest BCUT2D eigenvalue weighted by atomic mass is 9.91. The predicted octanol–water partition coefficient (Wildman–Crippen LogP) is 3.61. The van der Waals surface area contributed by atoms with Crippen molar-refractivity contribution in [3.63, 3.8) is 0 Å². The standard InChI is InChI=1S/C24H30N6O3/c1-15(2)27-22-20(23(31)28-18-4-6-19(7-5-18)29-24(32)33-3)13-26-30-14-17(12-21(22)30)16-8-10-25-11-9-16/h8-15,18-19,27H,4-7H2,1-3H3,(H,28,31)(H,29,32). The molecule has 174 valence electrons. The molecule has 1 saturated carbocycles. The van der Waals surface area contributed by atoms with E-state index in [1.54, 1.807) is 23.1 Å². The summed E-state index contributed by atoms with van der Waals surface area (Å²) in [7, 11) is 1.36. The van der Waals surface area contributed by atoms with Gasteiger partial charge in [0.2, 0.25) is 0 Å². The van der Waals surface area contributed by atoms with Gasteiger partial charge in [-0.25, -0.2) is 9.31 Å². The Morgan fingerprint density at radius 1 is 1.06 bits per heavy atom. The van der Waals surface area contributed by atoms with E-state index in [9.17, 15) is 9.59 Å². The van der Waals surface area contributed by atoms with E-state index in [1.807, 2.05) is 38.2 Å². The van der Waals surface area contributed by atoms with Gasteiger partial charge in [0.1, 0.15) is 0 Å². The zero-order valence-corrected chi connectivity index (χ0v) is 19.2. The summed E-state index contributed by atoms with van der Waals surface area (Å²) in [5.74, 6) is -0.149. The van der Waals surface area contributed by atoms with Crippen LogP contribution < -0.4 is 16.0 Å². The molecule has 1 aliphatic rings. The molecule has 0 spiro atoms. The number of ether oxygens (including phenoxy) is 1. The predicted molar refractivity (Wildman–Crippen MR) is 126 cm³/mol. The SMILES string of the molecule is COC(=O)NC1CCC(NC(=O)c2cnn3cc(-c4ccncc4)cc3c2NC(C)C)CC1. The molecule has 0 saturated heterocycles. The van der Waals surface area contributed by atoms with E-state index in [4.69, 9.17) is 0 Å². The highest BCUT2D eigenvalue weighted by Gasteiger charge is 2.26. The van der Waals surface area contributed by atoms with E-state index >= 15 is 0 Å². The van der Waals surface area contributed by atoms with Crippen LogP contribution >= 0.6 is 0 Å². The first-order chi connectivity index (χ1) is 15.9. The van der Waals surface area contributed by atoms with E-state index in [-0.39, 0.29) is 24.0 Å². The fraction of sp³-hybridized carbons (Fsp3) is 0.417. The summed E-state index contributed by atoms with van der Waals surface area (Å²) >= 11 is 0. The number of nitrogens with one attached hydrogen (secondary N) is 3. The third kappa shape index (κ3) is 5.24. The van der Waals surface area contributed by atoms with Crippen molar-refractivity contribution in [3.8, 4) is 11.1 Å². The van der Waals surface area contributed by atoms with Gasteiger partial charge in [-0.2, -0.15) is 5.10 Å². The minimum absolute atomic E-state index is 0.0514. The second-order valence-corrected chi connectivity index (χ2v) is 8.68. The minimum atomic E-state index is -0.412. The zero-order valence-electron chi connectivity index (χ0n) is 19.2. The van der Waals surface area contributed by atoms with Crippen molar-refractivity contribution < 1.29 is 14.3 Å². The van der Waals surface area contributed by atoms with Crippen molar-refractivity contribution in [3.05, 3.63) is 48.5 Å². The van der Waals surface area contributed by atoms with Gasteiger partial charge in [-0.05, 0) is 63.3 Å². The Hall–Kier alpha value is -3.62. The molecule has 4 rings (SSSR count). The molecule has 1 aliphatic carbocycles. The van der Waals surface area contributed by atoms with Gasteiger partial charge in [0, 0.05) is 42.3 Å². The Balaban J connectivity index is 1.54. The molecule has 0 bridgehead atoms. The molecule has 3 aromatic heterocycles. The highest BCUT2D eigenvalue weighted by molar-refractivity contribution is 6.03. The van der Waals surface area contributed by atoms with E-state index in [1.165, 1.54) is 7.11 Å². The van der Waals surface area contributed by atoms with Crippen LogP contribution in [0, 0.1) is 0 Å². The summed E-state index contributed by atoms with van der Waals surface area (Å²) in [6, 6.07) is 6.20. The van der Waals surface area contributed by atoms with Gasteiger partial charge in [-0.3, -0.25) is 9.78 Å². The van der Waals surface area contributed by atoms with Gasteiger partial charge in [-0.1, -0.05) is 0 Å². The summed E-state index contributed by atoms with van der Waals surface area (Å²) in [6.45, 7) is 4.09. The van der Waals surface area contributed by atoms with Gasteiger partial charge in [0.25, 0.3) is 5.91 Å². The number of anilines is 1. The van der Waals surface area contributed by atoms with Crippen LogP contribution in [0.25, 0.3) is 16.6 Å². The van der Waals surface area contributed by atoms with Crippen molar-refractivity contribution in [1.29, 1.82) is 0 Å². The average Bonchev–Trinajstić information content (AvgIpc) is 3.25. The third-order valence-corrected chi connectivity index (χ3v) is 5.90. The molecule has 9 nitrogen and oxygen atoms in total. The maximum atomic E-state index is 13.2. The lowest BCUT2D eigenvalue weighted by Gasteiger charge is -2.29. The van der Waals surface area contributed by atoms with Crippen LogP contribution in [0.2, 0.25) is 0 Å². The number of carbonyl (C=O) groups is 2. The molecule has 33 heavy (non-hydrogen) atoms. The average molecular weight is 451 g/mol. The van der Waals surface area contributed by atoms with E-state index < -0.39 is 6.09 Å². The maximum Gasteiger partial charge on any atom is 0.407 e. The topological polar surface area (TPSA) is 110 Å². The third-order valence-electron chi connectivity index (χ3n) is 5.90. The Morgan fingerprint density at radius 2 is 1.73 bits per heavy atom. The highest BCUT2D eigenvalue weighted by atomic mass is 16.5. The molecule has 0 atom stereocenters. The fourth-order valence-corrected chi connectivity index (χ4v) is 4.24. The molecular weight excluding hydrogens is 420 g/mol. The molecule has 3 aromatic rings. The second-order valence-electron chi connectivity index (χ2n) is 8.68. The Kier molecular flexibility index (Phi) is 6.76. The quantitative estimate of drug-likeness (QED) is 0.529. The zero-order chi connectivity index (χ0) is 23.4. The van der Waals surface area contributed by atoms with E-state index in [0.717, 1.165) is 48.0 Å². The number of fused-ring (bicyclic) bond motifs is 1. The monoisotopic (exact) mass is 450 g/mol. The van der Waals surface area contributed by atoms with Crippen molar-refractivity contribution in [2.24, 2.45) is 0 Å². The second kappa shape index (κ2) is 9.89. The molecule has 0 aliphatic heterocycles. The van der Waals surface area contributed by atoms with E-state index in [0.29, 0.717) is 5.56 Å². The van der Waals surface area contributed by atoms with Crippen LogP contribution in [0.4, 0.5) is 10.5 Å². The molecule has 2 amide bonds. The van der Waals surface area contributed by atoms with Gasteiger partial charge in [-0.15, -0.1) is 0 Å². The number of alkyl carbamates (subject to hydrolysis) is 1. The minimum Gasteiger partial charge on any atom is -0.453 e. The van der Waals surface area contributed by atoms with Gasteiger partial charge in [0.05, 0.1) is 30.1 Å².